The number of hydrogen-bond acceptors (Lipinski definition) is 4. The average Bonchev–Trinajstić information content (AvgIpc) is 2.41. The third kappa shape index (κ3) is 2.98. The summed E-state index contributed by atoms with van der Waals surface area (Å²) in [5.41, 5.74) is 0.188. The van der Waals surface area contributed by atoms with Crippen LogP contribution in [0.3, 0.4) is 0 Å². The second kappa shape index (κ2) is 5.82. The Hall–Kier alpha value is -1.62. The largest absolute Gasteiger partial charge is 0.487 e. The Morgan fingerprint density at radius 3 is 2.72 bits per heavy atom. The van der Waals surface area contributed by atoms with Crippen molar-refractivity contribution in [3.05, 3.63) is 29.6 Å². The summed E-state index contributed by atoms with van der Waals surface area (Å²) >= 11 is 0. The molecular weight excluding hydrogens is 237 g/mol. The van der Waals surface area contributed by atoms with E-state index in [-0.39, 0.29) is 17.4 Å². The fraction of sp³-hybridized carbons (Fsp3) is 0.462. The number of piperidine rings is 1. The number of carbonyl (C=O) groups excluding carboxylic acids is 1. The highest BCUT2D eigenvalue weighted by Crippen LogP contribution is 2.22. The van der Waals surface area contributed by atoms with Crippen molar-refractivity contribution in [2.75, 3.05) is 20.2 Å². The molecule has 1 aliphatic rings. The van der Waals surface area contributed by atoms with Crippen LogP contribution >= 0.6 is 0 Å². The number of methoxy groups -OCH3 is 1. The molecule has 1 aliphatic heterocycles. The second-order valence-corrected chi connectivity index (χ2v) is 4.20. The fourth-order valence-electron chi connectivity index (χ4n) is 1.93. The van der Waals surface area contributed by atoms with Crippen LogP contribution < -0.4 is 10.1 Å². The van der Waals surface area contributed by atoms with Gasteiger partial charge in [0.15, 0.2) is 11.6 Å². The number of carbonyl (C=O) groups is 1. The molecule has 2 rings (SSSR count). The van der Waals surface area contributed by atoms with Crippen LogP contribution in [0.15, 0.2) is 18.2 Å². The Morgan fingerprint density at radius 2 is 2.11 bits per heavy atom. The molecule has 1 heterocycles. The first-order chi connectivity index (χ1) is 8.70. The van der Waals surface area contributed by atoms with Gasteiger partial charge in [-0.3, -0.25) is 0 Å². The number of ether oxygens (including phenoxy) is 2. The van der Waals surface area contributed by atoms with Crippen LogP contribution in [0.25, 0.3) is 0 Å². The van der Waals surface area contributed by atoms with Crippen molar-refractivity contribution in [3.8, 4) is 5.75 Å². The van der Waals surface area contributed by atoms with Crippen LogP contribution in [-0.4, -0.2) is 32.3 Å². The van der Waals surface area contributed by atoms with Gasteiger partial charge in [-0.05, 0) is 44.1 Å². The Bertz CT molecular complexity index is 430. The van der Waals surface area contributed by atoms with E-state index in [1.807, 2.05) is 0 Å². The molecule has 98 valence electrons. The molecule has 1 saturated heterocycles. The smallest absolute Gasteiger partial charge is 0.337 e. The lowest BCUT2D eigenvalue weighted by Gasteiger charge is -2.24. The van der Waals surface area contributed by atoms with Gasteiger partial charge < -0.3 is 14.8 Å². The second-order valence-electron chi connectivity index (χ2n) is 4.20. The summed E-state index contributed by atoms with van der Waals surface area (Å²) in [7, 11) is 1.26. The summed E-state index contributed by atoms with van der Waals surface area (Å²) in [4.78, 5) is 11.2. The first-order valence-electron chi connectivity index (χ1n) is 5.96. The number of nitrogens with one attached hydrogen (secondary N) is 1. The van der Waals surface area contributed by atoms with E-state index in [2.05, 4.69) is 10.1 Å². The molecule has 0 aliphatic carbocycles. The van der Waals surface area contributed by atoms with Gasteiger partial charge in [-0.1, -0.05) is 0 Å². The first kappa shape index (κ1) is 12.8. The maximum atomic E-state index is 13.8. The van der Waals surface area contributed by atoms with E-state index >= 15 is 0 Å². The molecule has 5 heteroatoms. The third-order valence-corrected chi connectivity index (χ3v) is 2.93. The van der Waals surface area contributed by atoms with Crippen LogP contribution in [0, 0.1) is 5.82 Å². The Kier molecular flexibility index (Phi) is 4.15. The summed E-state index contributed by atoms with van der Waals surface area (Å²) < 4.78 is 23.9. The van der Waals surface area contributed by atoms with Gasteiger partial charge in [-0.15, -0.1) is 0 Å². The Labute approximate surface area is 105 Å². The van der Waals surface area contributed by atoms with E-state index in [0.29, 0.717) is 0 Å². The molecule has 0 aromatic heterocycles. The Balaban J connectivity index is 2.07. The zero-order valence-corrected chi connectivity index (χ0v) is 10.2. The van der Waals surface area contributed by atoms with Crippen LogP contribution in [0.5, 0.6) is 5.75 Å². The van der Waals surface area contributed by atoms with Gasteiger partial charge in [0.05, 0.1) is 12.7 Å². The number of esters is 1. The lowest BCUT2D eigenvalue weighted by atomic mass is 10.1. The highest BCUT2D eigenvalue weighted by molar-refractivity contribution is 5.89. The number of rotatable bonds is 3. The maximum Gasteiger partial charge on any atom is 0.337 e. The molecular formula is C13H16FNO3. The van der Waals surface area contributed by atoms with E-state index in [1.54, 1.807) is 0 Å². The zero-order valence-electron chi connectivity index (χ0n) is 10.2. The van der Waals surface area contributed by atoms with Crippen molar-refractivity contribution in [2.24, 2.45) is 0 Å². The normalized spacial score (nSPS) is 16.3. The van der Waals surface area contributed by atoms with Crippen LogP contribution in [0.1, 0.15) is 23.2 Å². The molecule has 0 unspecified atom stereocenters. The first-order valence-corrected chi connectivity index (χ1v) is 5.96. The van der Waals surface area contributed by atoms with Crippen molar-refractivity contribution in [2.45, 2.75) is 18.9 Å². The predicted octanol–water partition coefficient (Wildman–Crippen LogP) is 1.74. The number of benzene rings is 1. The molecule has 0 amide bonds. The van der Waals surface area contributed by atoms with Gasteiger partial charge in [-0.25, -0.2) is 9.18 Å². The highest BCUT2D eigenvalue weighted by Gasteiger charge is 2.17. The van der Waals surface area contributed by atoms with E-state index in [9.17, 15) is 9.18 Å². The monoisotopic (exact) mass is 253 g/mol. The van der Waals surface area contributed by atoms with Gasteiger partial charge >= 0.3 is 5.97 Å². The summed E-state index contributed by atoms with van der Waals surface area (Å²) in [6.07, 6.45) is 1.75. The Morgan fingerprint density at radius 1 is 1.39 bits per heavy atom. The summed E-state index contributed by atoms with van der Waals surface area (Å²) in [5.74, 6) is -0.895. The van der Waals surface area contributed by atoms with Crippen molar-refractivity contribution in [1.82, 2.24) is 5.32 Å². The quantitative estimate of drug-likeness (QED) is 0.834. The molecule has 0 saturated carbocycles. The van der Waals surface area contributed by atoms with Crippen LogP contribution in [0.4, 0.5) is 4.39 Å². The number of halogens is 1. The SMILES string of the molecule is COC(=O)c1ccc(OC2CCNCC2)c(F)c1. The predicted molar refractivity (Wildman–Crippen MR) is 64.3 cm³/mol. The summed E-state index contributed by atoms with van der Waals surface area (Å²) in [6, 6.07) is 4.12. The van der Waals surface area contributed by atoms with Crippen molar-refractivity contribution in [1.29, 1.82) is 0 Å². The molecule has 1 N–H and O–H groups in total. The van der Waals surface area contributed by atoms with E-state index in [1.165, 1.54) is 19.2 Å². The molecule has 0 spiro atoms. The molecule has 0 bridgehead atoms. The van der Waals surface area contributed by atoms with Gasteiger partial charge in [0.2, 0.25) is 0 Å². The lowest BCUT2D eigenvalue weighted by Crippen LogP contribution is -2.34. The van der Waals surface area contributed by atoms with E-state index in [0.717, 1.165) is 32.0 Å². The fourth-order valence-corrected chi connectivity index (χ4v) is 1.93. The minimum absolute atomic E-state index is 0.0322. The van der Waals surface area contributed by atoms with E-state index in [4.69, 9.17) is 4.74 Å². The van der Waals surface area contributed by atoms with Crippen molar-refractivity contribution >= 4 is 5.97 Å². The molecule has 0 radical (unpaired) electrons. The van der Waals surface area contributed by atoms with Crippen LogP contribution in [0.2, 0.25) is 0 Å². The molecule has 1 aromatic carbocycles. The van der Waals surface area contributed by atoms with Gasteiger partial charge in [-0.2, -0.15) is 0 Å². The zero-order chi connectivity index (χ0) is 13.0. The minimum Gasteiger partial charge on any atom is -0.487 e. The van der Waals surface area contributed by atoms with Crippen molar-refractivity contribution < 1.29 is 18.7 Å². The van der Waals surface area contributed by atoms with Crippen molar-refractivity contribution in [3.63, 3.8) is 0 Å². The highest BCUT2D eigenvalue weighted by atomic mass is 19.1. The third-order valence-electron chi connectivity index (χ3n) is 2.93. The maximum absolute atomic E-state index is 13.8. The topological polar surface area (TPSA) is 47.6 Å². The van der Waals surface area contributed by atoms with Gasteiger partial charge in [0.1, 0.15) is 6.10 Å². The lowest BCUT2D eigenvalue weighted by molar-refractivity contribution is 0.0600. The van der Waals surface area contributed by atoms with Crippen LogP contribution in [-0.2, 0) is 4.74 Å². The van der Waals surface area contributed by atoms with E-state index < -0.39 is 11.8 Å². The molecule has 1 fully saturated rings. The standard InChI is InChI=1S/C13H16FNO3/c1-17-13(16)9-2-3-12(11(14)8-9)18-10-4-6-15-7-5-10/h2-3,8,10,15H,4-7H2,1H3. The number of hydrogen-bond donors (Lipinski definition) is 1. The average molecular weight is 253 g/mol. The molecule has 1 aromatic rings. The minimum atomic E-state index is -0.553. The summed E-state index contributed by atoms with van der Waals surface area (Å²) in [6.45, 7) is 1.76. The molecule has 18 heavy (non-hydrogen) atoms. The summed E-state index contributed by atoms with van der Waals surface area (Å²) in [5, 5.41) is 3.21. The van der Waals surface area contributed by atoms with Gasteiger partial charge in [0, 0.05) is 0 Å². The molecule has 0 atom stereocenters. The van der Waals surface area contributed by atoms with Gasteiger partial charge in [0.25, 0.3) is 0 Å². The molecule has 4 nitrogen and oxygen atoms in total.